The van der Waals surface area contributed by atoms with E-state index in [1.54, 1.807) is 23.3 Å². The zero-order valence-electron chi connectivity index (χ0n) is 14.8. The maximum absolute atomic E-state index is 13.9. The van der Waals surface area contributed by atoms with Gasteiger partial charge in [0.05, 0.1) is 11.8 Å². The number of rotatable bonds is 7. The molecule has 4 rings (SSSR count). The molecular formula is C20H20FN5O. The van der Waals surface area contributed by atoms with Gasteiger partial charge in [0, 0.05) is 36.3 Å². The Hall–Kier alpha value is -2.93. The number of carbonyl (C=O) groups excluding carboxylic acids is 1. The summed E-state index contributed by atoms with van der Waals surface area (Å²) in [4.78, 5) is 21.6. The number of benzene rings is 1. The number of nitrogens with two attached hydrogens (primary N) is 1. The van der Waals surface area contributed by atoms with Crippen LogP contribution in [0.4, 0.5) is 4.39 Å². The molecular weight excluding hydrogens is 345 g/mol. The molecule has 7 heteroatoms. The Kier molecular flexibility index (Phi) is 4.77. The van der Waals surface area contributed by atoms with Crippen molar-refractivity contribution in [3.8, 4) is 11.4 Å². The molecule has 2 aromatic heterocycles. The van der Waals surface area contributed by atoms with Gasteiger partial charge in [0.2, 0.25) is 0 Å². The highest BCUT2D eigenvalue weighted by molar-refractivity contribution is 6.12. The first-order valence-electron chi connectivity index (χ1n) is 9.02. The molecule has 0 atom stereocenters. The average molecular weight is 365 g/mol. The molecule has 0 radical (unpaired) electrons. The van der Waals surface area contributed by atoms with E-state index in [0.717, 1.165) is 12.1 Å². The van der Waals surface area contributed by atoms with Crippen molar-refractivity contribution >= 4 is 5.78 Å². The highest BCUT2D eigenvalue weighted by atomic mass is 19.1. The first kappa shape index (κ1) is 17.5. The molecule has 27 heavy (non-hydrogen) atoms. The first-order valence-corrected chi connectivity index (χ1v) is 9.02. The highest BCUT2D eigenvalue weighted by Crippen LogP contribution is 2.30. The van der Waals surface area contributed by atoms with Crippen molar-refractivity contribution in [3.63, 3.8) is 0 Å². The Morgan fingerprint density at radius 3 is 2.70 bits per heavy atom. The SMILES string of the molecule is NCCc1cnc(-c2ccc(F)cc2C(=O)c2cnn(CC3CC3)c2)nc1. The van der Waals surface area contributed by atoms with Gasteiger partial charge in [-0.3, -0.25) is 9.48 Å². The number of hydrogen-bond acceptors (Lipinski definition) is 5. The third kappa shape index (κ3) is 3.93. The summed E-state index contributed by atoms with van der Waals surface area (Å²) in [6.45, 7) is 1.32. The van der Waals surface area contributed by atoms with E-state index in [-0.39, 0.29) is 11.3 Å². The molecule has 0 spiro atoms. The Morgan fingerprint density at radius 2 is 2.00 bits per heavy atom. The third-order valence-electron chi connectivity index (χ3n) is 4.64. The number of hydrogen-bond donors (Lipinski definition) is 1. The normalized spacial score (nSPS) is 13.7. The zero-order chi connectivity index (χ0) is 18.8. The molecule has 0 saturated heterocycles. The fourth-order valence-electron chi connectivity index (χ4n) is 2.99. The molecule has 1 saturated carbocycles. The summed E-state index contributed by atoms with van der Waals surface area (Å²) in [5.74, 6) is 0.260. The molecule has 1 fully saturated rings. The van der Waals surface area contributed by atoms with Crippen molar-refractivity contribution in [2.24, 2.45) is 11.7 Å². The second-order valence-corrected chi connectivity index (χ2v) is 6.87. The lowest BCUT2D eigenvalue weighted by atomic mass is 9.99. The minimum Gasteiger partial charge on any atom is -0.330 e. The number of carbonyl (C=O) groups is 1. The van der Waals surface area contributed by atoms with E-state index >= 15 is 0 Å². The van der Waals surface area contributed by atoms with Crippen LogP contribution in [0.25, 0.3) is 11.4 Å². The van der Waals surface area contributed by atoms with Crippen LogP contribution in [0.3, 0.4) is 0 Å². The molecule has 3 aromatic rings. The lowest BCUT2D eigenvalue weighted by Crippen LogP contribution is -2.07. The topological polar surface area (TPSA) is 86.7 Å². The van der Waals surface area contributed by atoms with Crippen LogP contribution < -0.4 is 5.73 Å². The molecule has 0 unspecified atom stereocenters. The summed E-state index contributed by atoms with van der Waals surface area (Å²) in [6.07, 6.45) is 9.70. The van der Waals surface area contributed by atoms with Crippen molar-refractivity contribution in [2.45, 2.75) is 25.8 Å². The van der Waals surface area contributed by atoms with E-state index < -0.39 is 5.82 Å². The van der Waals surface area contributed by atoms with E-state index in [2.05, 4.69) is 15.1 Å². The summed E-state index contributed by atoms with van der Waals surface area (Å²) in [6, 6.07) is 4.07. The maximum Gasteiger partial charge on any atom is 0.197 e. The van der Waals surface area contributed by atoms with Crippen molar-refractivity contribution in [3.05, 3.63) is 65.5 Å². The van der Waals surface area contributed by atoms with E-state index in [1.807, 2.05) is 0 Å². The lowest BCUT2D eigenvalue weighted by Gasteiger charge is -2.08. The Labute approximate surface area is 156 Å². The predicted octanol–water partition coefficient (Wildman–Crippen LogP) is 2.62. The fourth-order valence-corrected chi connectivity index (χ4v) is 2.99. The van der Waals surface area contributed by atoms with Gasteiger partial charge in [-0.15, -0.1) is 0 Å². The van der Waals surface area contributed by atoms with Crippen molar-refractivity contribution in [1.82, 2.24) is 19.7 Å². The van der Waals surface area contributed by atoms with Gasteiger partial charge in [-0.05, 0) is 55.5 Å². The van der Waals surface area contributed by atoms with Gasteiger partial charge < -0.3 is 5.73 Å². The third-order valence-corrected chi connectivity index (χ3v) is 4.64. The lowest BCUT2D eigenvalue weighted by molar-refractivity contribution is 0.103. The molecule has 2 heterocycles. The van der Waals surface area contributed by atoms with Gasteiger partial charge in [-0.25, -0.2) is 14.4 Å². The second kappa shape index (κ2) is 7.36. The summed E-state index contributed by atoms with van der Waals surface area (Å²) < 4.78 is 15.6. The Morgan fingerprint density at radius 1 is 1.22 bits per heavy atom. The van der Waals surface area contributed by atoms with Crippen LogP contribution in [0.5, 0.6) is 0 Å². The number of halogens is 1. The largest absolute Gasteiger partial charge is 0.330 e. The summed E-state index contributed by atoms with van der Waals surface area (Å²) >= 11 is 0. The van der Waals surface area contributed by atoms with Crippen LogP contribution >= 0.6 is 0 Å². The van der Waals surface area contributed by atoms with Crippen molar-refractivity contribution < 1.29 is 9.18 Å². The molecule has 138 valence electrons. The van der Waals surface area contributed by atoms with Gasteiger partial charge in [-0.1, -0.05) is 0 Å². The summed E-state index contributed by atoms with van der Waals surface area (Å²) in [5.41, 5.74) is 7.61. The summed E-state index contributed by atoms with van der Waals surface area (Å²) in [7, 11) is 0. The van der Waals surface area contributed by atoms with E-state index in [1.165, 1.54) is 37.2 Å². The molecule has 1 aromatic carbocycles. The van der Waals surface area contributed by atoms with Crippen LogP contribution in [0.1, 0.15) is 34.3 Å². The Balaban J connectivity index is 1.66. The van der Waals surface area contributed by atoms with E-state index in [9.17, 15) is 9.18 Å². The molecule has 2 N–H and O–H groups in total. The van der Waals surface area contributed by atoms with Gasteiger partial charge in [0.25, 0.3) is 0 Å². The van der Waals surface area contributed by atoms with Crippen LogP contribution in [0.2, 0.25) is 0 Å². The molecule has 0 amide bonds. The second-order valence-electron chi connectivity index (χ2n) is 6.87. The fraction of sp³-hybridized carbons (Fsp3) is 0.300. The number of ketones is 1. The van der Waals surface area contributed by atoms with Crippen LogP contribution in [-0.2, 0) is 13.0 Å². The maximum atomic E-state index is 13.9. The number of nitrogens with zero attached hydrogens (tertiary/aromatic N) is 4. The van der Waals surface area contributed by atoms with Crippen molar-refractivity contribution in [1.29, 1.82) is 0 Å². The van der Waals surface area contributed by atoms with Gasteiger partial charge in [0.1, 0.15) is 5.82 Å². The zero-order valence-corrected chi connectivity index (χ0v) is 14.8. The minimum absolute atomic E-state index is 0.229. The smallest absolute Gasteiger partial charge is 0.197 e. The monoisotopic (exact) mass is 365 g/mol. The van der Waals surface area contributed by atoms with Crippen LogP contribution in [-0.4, -0.2) is 32.1 Å². The highest BCUT2D eigenvalue weighted by Gasteiger charge is 2.23. The number of aromatic nitrogens is 4. The quantitative estimate of drug-likeness (QED) is 0.651. The van der Waals surface area contributed by atoms with Crippen molar-refractivity contribution in [2.75, 3.05) is 6.54 Å². The van der Waals surface area contributed by atoms with Gasteiger partial charge >= 0.3 is 0 Å². The first-order chi connectivity index (χ1) is 13.1. The molecule has 1 aliphatic rings. The van der Waals surface area contributed by atoms with Gasteiger partial charge in [0.15, 0.2) is 11.6 Å². The molecule has 0 bridgehead atoms. The van der Waals surface area contributed by atoms with E-state index in [4.69, 9.17) is 5.73 Å². The minimum atomic E-state index is -0.479. The average Bonchev–Trinajstić information content (AvgIpc) is 3.37. The molecule has 1 aliphatic carbocycles. The standard InChI is InChI=1S/C20H20FN5O/c21-16-3-4-17(20-23-8-14(5-6-22)9-24-20)18(7-16)19(27)15-10-25-26(12-15)11-13-1-2-13/h3-4,7-10,12-13H,1-2,5-6,11,22H2. The van der Waals surface area contributed by atoms with Gasteiger partial charge in [-0.2, -0.15) is 5.10 Å². The van der Waals surface area contributed by atoms with E-state index in [0.29, 0.717) is 35.8 Å². The summed E-state index contributed by atoms with van der Waals surface area (Å²) in [5, 5.41) is 4.26. The van der Waals surface area contributed by atoms with Crippen LogP contribution in [0.15, 0.2) is 43.0 Å². The predicted molar refractivity (Wildman–Crippen MR) is 98.6 cm³/mol. The Bertz CT molecular complexity index is 963. The van der Waals surface area contributed by atoms with Crippen LogP contribution in [0, 0.1) is 11.7 Å². The molecule has 0 aliphatic heterocycles. The molecule has 6 nitrogen and oxygen atoms in total.